The second-order valence-corrected chi connectivity index (χ2v) is 24.5. The summed E-state index contributed by atoms with van der Waals surface area (Å²) in [7, 11) is -8.08. The Bertz CT molecular complexity index is 2320. The van der Waals surface area contributed by atoms with Crippen LogP contribution < -0.4 is 45.8 Å². The standard InChI is InChI=1S/C44H58IN5O12PS/c1-4-36-44(45-36,42(53)49-64(56,57)30-23-24-30)48-39(51)34-25-29-26-50(34)41(52)37(28-16-10-11-17-28)47-43(54)61-35-22-14-18-27(35)15-8-7-9-20-32-38(62-63(55,58-5-2)59-6-3)31-19-12-13-21-33(31)46-40(32)60-29/h4,7,9,12-13,19,21,27-30,34-37H,1,5-6,8,10-11,14-18,20,22-26H2,2-3H3,(H,47,54)(H,48,51)(H,49,53)/q-1/b9-7+/t27-,29-,34+,35-,36+,37+,44-/m1/s1. The van der Waals surface area contributed by atoms with Gasteiger partial charge in [-0.25, -0.2) is 4.57 Å². The zero-order valence-corrected chi connectivity index (χ0v) is 40.1. The summed E-state index contributed by atoms with van der Waals surface area (Å²) >= 11 is -1.10. The van der Waals surface area contributed by atoms with Gasteiger partial charge in [0, 0.05) is 0 Å². The van der Waals surface area contributed by atoms with Crippen molar-refractivity contribution >= 4 is 52.6 Å². The van der Waals surface area contributed by atoms with Crippen molar-refractivity contribution in [2.45, 2.75) is 134 Å². The number of pyridine rings is 1. The Morgan fingerprint density at radius 2 is 1.75 bits per heavy atom. The molecule has 7 atom stereocenters. The number of nitrogens with one attached hydrogen (secondary N) is 3. The Morgan fingerprint density at radius 3 is 2.45 bits per heavy atom. The second-order valence-electron chi connectivity index (χ2n) is 17.3. The molecule has 3 saturated carbocycles. The molecule has 8 rings (SSSR count). The number of nitrogens with zero attached hydrogens (tertiary/aromatic N) is 2. The quantitative estimate of drug-likeness (QED) is 0.0866. The van der Waals surface area contributed by atoms with Gasteiger partial charge < -0.3 is 0 Å². The van der Waals surface area contributed by atoms with Crippen LogP contribution in [0, 0.1) is 11.8 Å². The van der Waals surface area contributed by atoms with Crippen LogP contribution in [0.5, 0.6) is 11.6 Å². The number of rotatable bonds is 13. The van der Waals surface area contributed by atoms with E-state index in [2.05, 4.69) is 21.9 Å². The van der Waals surface area contributed by atoms with Gasteiger partial charge in [0.25, 0.3) is 0 Å². The summed E-state index contributed by atoms with van der Waals surface area (Å²) in [5.74, 6) is -1.76. The number of para-hydroxylation sites is 1. The fraction of sp³-hybridized carbons (Fsp3) is 0.614. The van der Waals surface area contributed by atoms with Crippen LogP contribution in [-0.2, 0) is 49.2 Å². The summed E-state index contributed by atoms with van der Waals surface area (Å²) in [6.45, 7) is 7.22. The van der Waals surface area contributed by atoms with E-state index in [-0.39, 0.29) is 62.2 Å². The Kier molecular flexibility index (Phi) is 14.3. The van der Waals surface area contributed by atoms with Gasteiger partial charge in [0.15, 0.2) is 0 Å². The Hall–Kier alpha value is -3.78. The van der Waals surface area contributed by atoms with Crippen LogP contribution in [0.3, 0.4) is 0 Å². The van der Waals surface area contributed by atoms with Crippen LogP contribution in [0.25, 0.3) is 10.9 Å². The maximum atomic E-state index is 15.1. The number of sulfonamides is 1. The third-order valence-corrected chi connectivity index (χ3v) is 20.1. The zero-order chi connectivity index (χ0) is 45.2. The average Bonchev–Trinajstić information content (AvgIpc) is 4.05. The minimum absolute atomic E-state index is 0.0470. The van der Waals surface area contributed by atoms with Gasteiger partial charge in [-0.2, -0.15) is 0 Å². The molecular weight excluding hydrogens is 980 g/mol. The number of carbonyl (C=O) groups excluding carboxylic acids is 4. The molecule has 3 aliphatic heterocycles. The van der Waals surface area contributed by atoms with E-state index in [1.165, 1.54) is 4.90 Å². The second kappa shape index (κ2) is 19.6. The summed E-state index contributed by atoms with van der Waals surface area (Å²) in [5, 5.41) is 5.71. The minimum atomic E-state index is -4.15. The summed E-state index contributed by atoms with van der Waals surface area (Å²) < 4.78 is 70.4. The summed E-state index contributed by atoms with van der Waals surface area (Å²) in [5.41, 5.74) is 0.907. The normalized spacial score (nSPS) is 29.7. The van der Waals surface area contributed by atoms with E-state index in [1.807, 2.05) is 18.2 Å². The fourth-order valence-corrected chi connectivity index (χ4v) is 15.0. The van der Waals surface area contributed by atoms with Crippen LogP contribution in [0.2, 0.25) is 0 Å². The number of amides is 4. The average molecular weight is 1040 g/mol. The van der Waals surface area contributed by atoms with E-state index in [4.69, 9.17) is 28.0 Å². The molecule has 1 aromatic heterocycles. The summed E-state index contributed by atoms with van der Waals surface area (Å²) in [6, 6.07) is 4.95. The molecule has 17 nitrogen and oxygen atoms in total. The molecule has 0 unspecified atom stereocenters. The first-order valence-corrected chi connectivity index (χ1v) is 27.9. The number of allylic oxidation sites excluding steroid dienone is 2. The van der Waals surface area contributed by atoms with E-state index in [0.717, 1.165) is 32.1 Å². The number of hydrogen-bond donors (Lipinski definition) is 3. The van der Waals surface area contributed by atoms with Crippen molar-refractivity contribution in [2.75, 3.05) is 19.8 Å². The first kappa shape index (κ1) is 46.7. The molecule has 4 heterocycles. The Balaban J connectivity index is 1.19. The van der Waals surface area contributed by atoms with E-state index < -0.39 is 93.8 Å². The molecule has 5 fully saturated rings. The molecule has 64 heavy (non-hydrogen) atoms. The molecule has 2 saturated heterocycles. The van der Waals surface area contributed by atoms with Gasteiger partial charge >= 0.3 is 314 Å². The summed E-state index contributed by atoms with van der Waals surface area (Å²) in [4.78, 5) is 63.7. The van der Waals surface area contributed by atoms with E-state index in [0.29, 0.717) is 55.0 Å². The number of hydrogen-bond acceptors (Lipinski definition) is 13. The number of alkyl carbamates (subject to hydrolysis) is 1. The van der Waals surface area contributed by atoms with Crippen LogP contribution in [-0.4, -0.2) is 98.9 Å². The van der Waals surface area contributed by atoms with Gasteiger partial charge in [-0.05, 0) is 39.5 Å². The van der Waals surface area contributed by atoms with Crippen LogP contribution in [0.15, 0.2) is 49.1 Å². The van der Waals surface area contributed by atoms with Gasteiger partial charge in [-0.3, -0.25) is 9.05 Å². The summed E-state index contributed by atoms with van der Waals surface area (Å²) in [6.07, 6.45) is 11.8. The number of halogens is 1. The fourth-order valence-electron chi connectivity index (χ4n) is 9.52. The topological polar surface area (TPSA) is 218 Å². The molecule has 350 valence electrons. The molecule has 2 bridgehead atoms. The molecule has 3 aliphatic carbocycles. The van der Waals surface area contributed by atoms with Gasteiger partial charge in [0.1, 0.15) is 0 Å². The van der Waals surface area contributed by atoms with Crippen molar-refractivity contribution in [1.82, 2.24) is 25.2 Å². The zero-order valence-electron chi connectivity index (χ0n) is 36.2. The van der Waals surface area contributed by atoms with Gasteiger partial charge in [-0.15, -0.1) is 0 Å². The Morgan fingerprint density at radius 1 is 1.02 bits per heavy atom. The number of aromatic nitrogens is 1. The van der Waals surface area contributed by atoms with Crippen molar-refractivity contribution in [3.63, 3.8) is 0 Å². The van der Waals surface area contributed by atoms with Crippen LogP contribution in [0.4, 0.5) is 4.79 Å². The number of phosphoric ester groups is 1. The van der Waals surface area contributed by atoms with E-state index >= 15 is 4.79 Å². The predicted molar refractivity (Wildman–Crippen MR) is 231 cm³/mol. The molecule has 3 N–H and O–H groups in total. The van der Waals surface area contributed by atoms with Crippen molar-refractivity contribution in [2.24, 2.45) is 11.8 Å². The van der Waals surface area contributed by atoms with Crippen molar-refractivity contribution in [3.8, 4) is 11.6 Å². The van der Waals surface area contributed by atoms with Gasteiger partial charge in [0.2, 0.25) is 0 Å². The van der Waals surface area contributed by atoms with Crippen molar-refractivity contribution < 1.29 is 76.4 Å². The number of alkyl halides is 2. The molecule has 2 aromatic rings. The first-order valence-electron chi connectivity index (χ1n) is 22.5. The van der Waals surface area contributed by atoms with E-state index in [1.54, 1.807) is 38.1 Å². The molecule has 0 radical (unpaired) electrons. The van der Waals surface area contributed by atoms with Crippen molar-refractivity contribution in [1.29, 1.82) is 0 Å². The number of benzene rings is 1. The van der Waals surface area contributed by atoms with Gasteiger partial charge in [0.05, 0.1) is 13.2 Å². The number of phosphoric acid groups is 1. The van der Waals surface area contributed by atoms with E-state index in [9.17, 15) is 27.4 Å². The number of ether oxygens (including phenoxy) is 2. The molecule has 0 spiro atoms. The Labute approximate surface area is 384 Å². The first-order chi connectivity index (χ1) is 30.8. The van der Waals surface area contributed by atoms with Crippen LogP contribution in [0.1, 0.15) is 96.5 Å². The maximum absolute atomic E-state index is 15.1. The third kappa shape index (κ3) is 10.1. The molecular formula is C44H58IN5O12PS-. The molecule has 1 aromatic carbocycles. The predicted octanol–water partition coefficient (Wildman–Crippen LogP) is 2.57. The number of carbonyl (C=O) groups is 4. The monoisotopic (exact) mass is 1040 g/mol. The SMILES string of the molecule is C=C[C@@H]1[I-][C@]1(NC(=O)[C@@H]1C[C@@H]2CN1C(=O)[C@H](C1CCCC1)NC(=O)O[C@@H]1CCC[C@H]1CC/C=C/Cc1c(nc3ccccc3c1OP(=O)(OCC)OCC)O2)C(=O)NS(=O)(=O)C1CC1. The molecule has 20 heteroatoms. The molecule has 4 amide bonds. The number of fused-ring (bicyclic) bond motifs is 5. The third-order valence-electron chi connectivity index (χ3n) is 12.9. The molecule has 6 aliphatic rings. The van der Waals surface area contributed by atoms with Gasteiger partial charge in [-0.1, -0.05) is 6.07 Å². The van der Waals surface area contributed by atoms with Crippen LogP contribution >= 0.6 is 7.82 Å². The van der Waals surface area contributed by atoms with Crippen molar-refractivity contribution in [3.05, 3.63) is 54.6 Å².